The first-order valence-corrected chi connectivity index (χ1v) is 8.23. The topological polar surface area (TPSA) is 64.3 Å². The van der Waals surface area contributed by atoms with E-state index >= 15 is 0 Å². The van der Waals surface area contributed by atoms with E-state index in [0.717, 1.165) is 5.56 Å². The van der Waals surface area contributed by atoms with Crippen LogP contribution in [0.5, 0.6) is 5.75 Å². The van der Waals surface area contributed by atoms with Crippen LogP contribution in [-0.2, 0) is 6.61 Å². The molecule has 0 fully saturated rings. The number of hydrogen-bond donors (Lipinski definition) is 2. The number of halogens is 2. The van der Waals surface area contributed by atoms with Gasteiger partial charge in [-0.05, 0) is 61.8 Å². The van der Waals surface area contributed by atoms with Crippen molar-refractivity contribution in [3.63, 3.8) is 0 Å². The lowest BCUT2D eigenvalue weighted by atomic mass is 10.2. The molecule has 0 atom stereocenters. The third-order valence-corrected chi connectivity index (χ3v) is 4.00. The summed E-state index contributed by atoms with van der Waals surface area (Å²) in [6.07, 6.45) is 0. The van der Waals surface area contributed by atoms with Crippen molar-refractivity contribution in [1.29, 1.82) is 0 Å². The van der Waals surface area contributed by atoms with E-state index in [-0.39, 0.29) is 11.0 Å². The molecule has 22 heavy (non-hydrogen) atoms. The number of nitrogens with one attached hydrogen (secondary N) is 1. The molecule has 114 valence electrons. The Labute approximate surface area is 150 Å². The van der Waals surface area contributed by atoms with Crippen LogP contribution in [0.25, 0.3) is 0 Å². The van der Waals surface area contributed by atoms with Crippen molar-refractivity contribution in [2.45, 2.75) is 6.61 Å². The second-order valence-electron chi connectivity index (χ2n) is 4.36. The van der Waals surface area contributed by atoms with Gasteiger partial charge in [0.2, 0.25) is 0 Å². The van der Waals surface area contributed by atoms with Gasteiger partial charge in [0.05, 0.1) is 8.95 Å². The first-order chi connectivity index (χ1) is 10.5. The van der Waals surface area contributed by atoms with Gasteiger partial charge in [0, 0.05) is 5.56 Å². The summed E-state index contributed by atoms with van der Waals surface area (Å²) in [7, 11) is 0. The number of hydrogen-bond acceptors (Lipinski definition) is 3. The summed E-state index contributed by atoms with van der Waals surface area (Å²) in [4.78, 5) is 11.9. The minimum atomic E-state index is -0.372. The highest BCUT2D eigenvalue weighted by Crippen LogP contribution is 2.35. The lowest BCUT2D eigenvalue weighted by molar-refractivity contribution is 0.0977. The molecule has 2 aromatic carbocycles. The predicted molar refractivity (Wildman–Crippen MR) is 96.9 cm³/mol. The van der Waals surface area contributed by atoms with Crippen molar-refractivity contribution < 1.29 is 9.53 Å². The Bertz CT molecular complexity index is 685. The lowest BCUT2D eigenvalue weighted by Crippen LogP contribution is -2.34. The van der Waals surface area contributed by atoms with Gasteiger partial charge in [-0.3, -0.25) is 10.1 Å². The van der Waals surface area contributed by atoms with E-state index in [9.17, 15) is 4.79 Å². The first-order valence-electron chi connectivity index (χ1n) is 6.24. The van der Waals surface area contributed by atoms with E-state index in [4.69, 9.17) is 10.5 Å². The van der Waals surface area contributed by atoms with Gasteiger partial charge in [-0.2, -0.15) is 0 Å². The van der Waals surface area contributed by atoms with E-state index in [2.05, 4.69) is 49.4 Å². The first kappa shape index (κ1) is 16.9. The van der Waals surface area contributed by atoms with Crippen LogP contribution >= 0.6 is 44.1 Å². The number of rotatable bonds is 4. The average molecular weight is 444 g/mol. The normalized spacial score (nSPS) is 10.1. The highest BCUT2D eigenvalue weighted by molar-refractivity contribution is 9.11. The maximum absolute atomic E-state index is 11.9. The Morgan fingerprint density at radius 1 is 1.18 bits per heavy atom. The molecule has 0 aliphatic rings. The zero-order valence-electron chi connectivity index (χ0n) is 11.3. The van der Waals surface area contributed by atoms with Crippen molar-refractivity contribution in [2.24, 2.45) is 5.73 Å². The van der Waals surface area contributed by atoms with Crippen molar-refractivity contribution >= 4 is 55.1 Å². The standard InChI is InChI=1S/C15H12Br2N2O2S/c16-11-6-10(14(20)19-15(18)22)7-12(17)13(11)21-8-9-4-2-1-3-5-9/h1-7H,8H2,(H3,18,19,20,22). The van der Waals surface area contributed by atoms with Gasteiger partial charge in [-0.15, -0.1) is 0 Å². The van der Waals surface area contributed by atoms with Crippen molar-refractivity contribution in [3.05, 3.63) is 62.5 Å². The Balaban J connectivity index is 2.16. The molecule has 0 aliphatic carbocycles. The maximum Gasteiger partial charge on any atom is 0.257 e. The maximum atomic E-state index is 11.9. The number of ether oxygens (including phenoxy) is 1. The van der Waals surface area contributed by atoms with Crippen LogP contribution in [0.3, 0.4) is 0 Å². The van der Waals surface area contributed by atoms with Gasteiger partial charge in [0.15, 0.2) is 5.11 Å². The molecule has 0 radical (unpaired) electrons. The second kappa shape index (κ2) is 7.71. The Kier molecular flexibility index (Phi) is 5.93. The minimum Gasteiger partial charge on any atom is -0.487 e. The summed E-state index contributed by atoms with van der Waals surface area (Å²) in [6.45, 7) is 0.427. The van der Waals surface area contributed by atoms with Gasteiger partial charge in [0.1, 0.15) is 12.4 Å². The molecule has 1 amide bonds. The van der Waals surface area contributed by atoms with Crippen molar-refractivity contribution in [2.75, 3.05) is 0 Å². The lowest BCUT2D eigenvalue weighted by Gasteiger charge is -2.12. The molecular weight excluding hydrogens is 432 g/mol. The third kappa shape index (κ3) is 4.53. The van der Waals surface area contributed by atoms with Gasteiger partial charge in [-0.25, -0.2) is 0 Å². The van der Waals surface area contributed by atoms with Crippen LogP contribution < -0.4 is 15.8 Å². The highest BCUT2D eigenvalue weighted by atomic mass is 79.9. The number of benzene rings is 2. The second-order valence-corrected chi connectivity index (χ2v) is 6.51. The van der Waals surface area contributed by atoms with E-state index < -0.39 is 0 Å². The van der Waals surface area contributed by atoms with Gasteiger partial charge in [0.25, 0.3) is 5.91 Å². The monoisotopic (exact) mass is 442 g/mol. The van der Waals surface area contributed by atoms with Crippen molar-refractivity contribution in [3.8, 4) is 5.75 Å². The van der Waals surface area contributed by atoms with Crippen LogP contribution in [-0.4, -0.2) is 11.0 Å². The summed E-state index contributed by atoms with van der Waals surface area (Å²) in [5.41, 5.74) is 6.77. The third-order valence-electron chi connectivity index (χ3n) is 2.72. The zero-order chi connectivity index (χ0) is 16.1. The molecule has 0 spiro atoms. The molecule has 0 unspecified atom stereocenters. The average Bonchev–Trinajstić information content (AvgIpc) is 2.46. The zero-order valence-corrected chi connectivity index (χ0v) is 15.3. The predicted octanol–water partition coefficient (Wildman–Crippen LogP) is 3.76. The Hall–Kier alpha value is -1.44. The summed E-state index contributed by atoms with van der Waals surface area (Å²) < 4.78 is 7.11. The van der Waals surface area contributed by atoms with E-state index in [1.807, 2.05) is 30.3 Å². The van der Waals surface area contributed by atoms with E-state index in [1.54, 1.807) is 12.1 Å². The van der Waals surface area contributed by atoms with Crippen LogP contribution in [0.2, 0.25) is 0 Å². The van der Waals surface area contributed by atoms with Crippen molar-refractivity contribution in [1.82, 2.24) is 5.32 Å². The molecule has 0 heterocycles. The number of carbonyl (C=O) groups is 1. The molecule has 4 nitrogen and oxygen atoms in total. The summed E-state index contributed by atoms with van der Waals surface area (Å²) in [5.74, 6) is 0.249. The minimum absolute atomic E-state index is 0.0679. The quantitative estimate of drug-likeness (QED) is 0.706. The van der Waals surface area contributed by atoms with Gasteiger partial charge < -0.3 is 10.5 Å². The molecule has 0 saturated heterocycles. The Morgan fingerprint density at radius 3 is 2.32 bits per heavy atom. The molecule has 0 bridgehead atoms. The molecule has 2 rings (SSSR count). The number of carbonyl (C=O) groups excluding carboxylic acids is 1. The SMILES string of the molecule is NC(=S)NC(=O)c1cc(Br)c(OCc2ccccc2)c(Br)c1. The Morgan fingerprint density at radius 2 is 1.77 bits per heavy atom. The van der Waals surface area contributed by atoms with Gasteiger partial charge in [-0.1, -0.05) is 30.3 Å². The number of amides is 1. The van der Waals surface area contributed by atoms with Crippen LogP contribution in [0, 0.1) is 0 Å². The molecule has 0 aromatic heterocycles. The highest BCUT2D eigenvalue weighted by Gasteiger charge is 2.14. The molecule has 2 aromatic rings. The summed E-state index contributed by atoms with van der Waals surface area (Å²) in [5, 5.41) is 2.31. The molecule has 0 saturated carbocycles. The van der Waals surface area contributed by atoms with Crippen LogP contribution in [0.4, 0.5) is 0 Å². The molecular formula is C15H12Br2N2O2S. The van der Waals surface area contributed by atoms with Crippen LogP contribution in [0.1, 0.15) is 15.9 Å². The number of nitrogens with two attached hydrogens (primary N) is 1. The fourth-order valence-corrected chi connectivity index (χ4v) is 3.25. The molecule has 0 aliphatic heterocycles. The summed E-state index contributed by atoms with van der Waals surface area (Å²) >= 11 is 11.5. The largest absolute Gasteiger partial charge is 0.487 e. The smallest absolute Gasteiger partial charge is 0.257 e. The number of thiocarbonyl (C=S) groups is 1. The van der Waals surface area contributed by atoms with E-state index in [1.165, 1.54) is 0 Å². The summed E-state index contributed by atoms with van der Waals surface area (Å²) in [6, 6.07) is 13.1. The van der Waals surface area contributed by atoms with Crippen LogP contribution in [0.15, 0.2) is 51.4 Å². The fraction of sp³-hybridized carbons (Fsp3) is 0.0667. The molecule has 7 heteroatoms. The fourth-order valence-electron chi connectivity index (χ4n) is 1.74. The van der Waals surface area contributed by atoms with E-state index in [0.29, 0.717) is 26.9 Å². The van der Waals surface area contributed by atoms with Gasteiger partial charge >= 0.3 is 0 Å². The molecule has 3 N–H and O–H groups in total.